The Labute approximate surface area is 318 Å². The van der Waals surface area contributed by atoms with Crippen molar-refractivity contribution < 1.29 is 23.9 Å². The molecule has 0 saturated carbocycles. The zero-order valence-electron chi connectivity index (χ0n) is 32.0. The van der Waals surface area contributed by atoms with Gasteiger partial charge in [0.15, 0.2) is 5.82 Å². The topological polar surface area (TPSA) is 159 Å². The number of aryl methyl sites for hydroxylation is 1. The Bertz CT molecular complexity index is 1780. The number of phenolic OH excluding ortho intramolecular Hbond substituents is 1. The van der Waals surface area contributed by atoms with Crippen LogP contribution in [0.2, 0.25) is 0 Å². The third kappa shape index (κ3) is 9.46. The third-order valence-electron chi connectivity index (χ3n) is 10.6. The molecule has 3 aliphatic rings. The fourth-order valence-electron chi connectivity index (χ4n) is 7.78. The number of aromatic nitrogens is 4. The van der Waals surface area contributed by atoms with Gasteiger partial charge in [-0.05, 0) is 62.4 Å². The predicted molar refractivity (Wildman–Crippen MR) is 209 cm³/mol. The number of nitrogens with zero attached hydrogens (tertiary/aromatic N) is 8. The lowest BCUT2D eigenvalue weighted by Crippen LogP contribution is -2.54. The van der Waals surface area contributed by atoms with Crippen LogP contribution in [0.15, 0.2) is 59.3 Å². The van der Waals surface area contributed by atoms with E-state index in [1.807, 2.05) is 44.3 Å². The van der Waals surface area contributed by atoms with Gasteiger partial charge in [-0.3, -0.25) is 4.90 Å². The van der Waals surface area contributed by atoms with Gasteiger partial charge in [-0.15, -0.1) is 10.2 Å². The summed E-state index contributed by atoms with van der Waals surface area (Å²) in [4.78, 5) is 25.8. The Morgan fingerprint density at radius 1 is 0.981 bits per heavy atom. The van der Waals surface area contributed by atoms with E-state index in [2.05, 4.69) is 56.8 Å². The number of carbonyl (C=O) groups is 1. The fourth-order valence-corrected chi connectivity index (χ4v) is 7.78. The summed E-state index contributed by atoms with van der Waals surface area (Å²) >= 11 is 0. The van der Waals surface area contributed by atoms with Gasteiger partial charge in [0.25, 0.3) is 0 Å². The van der Waals surface area contributed by atoms with E-state index in [1.54, 1.807) is 26.4 Å². The summed E-state index contributed by atoms with van der Waals surface area (Å²) in [5.41, 5.74) is 10.5. The van der Waals surface area contributed by atoms with Gasteiger partial charge < -0.3 is 44.3 Å². The standard InChI is InChI=1S/C38H49N9O4.C2H6O/c1-26(2)32(25-48)36-20-27(43-51-36)6-5-13-44-14-16-45(17-15-44)18-19-50-37-21-28(11-12-40-37)47-29-9-10-30(47)24-46(23-29)34-22-33(41-42-38(34)39)31-7-3-4-8-35(31)49;1-3-2/h3-4,7-8,11-12,20-22,25-26,29-30,32,49H,5-6,9-10,13-19,23-24H2,1-2H3,(H2,39,42);1-2H3. The molecule has 0 radical (unpaired) electrons. The summed E-state index contributed by atoms with van der Waals surface area (Å²) in [5.74, 6) is 1.87. The number of aldehydes is 1. The number of benzene rings is 1. The smallest absolute Gasteiger partial charge is 0.215 e. The number of fused-ring (bicyclic) bond motifs is 2. The van der Waals surface area contributed by atoms with E-state index in [-0.39, 0.29) is 17.6 Å². The Morgan fingerprint density at radius 3 is 2.37 bits per heavy atom. The van der Waals surface area contributed by atoms with E-state index in [1.165, 1.54) is 0 Å². The van der Waals surface area contributed by atoms with Crippen molar-refractivity contribution in [2.45, 2.75) is 57.5 Å². The van der Waals surface area contributed by atoms with Crippen molar-refractivity contribution in [2.75, 3.05) is 88.7 Å². The zero-order valence-corrected chi connectivity index (χ0v) is 32.0. The van der Waals surface area contributed by atoms with Crippen LogP contribution in [0.5, 0.6) is 11.6 Å². The van der Waals surface area contributed by atoms with Gasteiger partial charge in [0.05, 0.1) is 23.0 Å². The van der Waals surface area contributed by atoms with E-state index in [9.17, 15) is 9.90 Å². The molecule has 3 fully saturated rings. The van der Waals surface area contributed by atoms with Crippen LogP contribution in [0.4, 0.5) is 17.2 Å². The Kier molecular flexibility index (Phi) is 13.3. The van der Waals surface area contributed by atoms with Crippen LogP contribution in [0.25, 0.3) is 11.3 Å². The zero-order chi connectivity index (χ0) is 38.0. The highest BCUT2D eigenvalue weighted by atomic mass is 16.5. The number of nitrogen functional groups attached to an aromatic ring is 1. The van der Waals surface area contributed by atoms with Crippen LogP contribution >= 0.6 is 0 Å². The van der Waals surface area contributed by atoms with Crippen molar-refractivity contribution in [3.8, 4) is 22.9 Å². The maximum atomic E-state index is 11.4. The van der Waals surface area contributed by atoms with E-state index in [4.69, 9.17) is 15.0 Å². The van der Waals surface area contributed by atoms with Crippen LogP contribution in [0.1, 0.15) is 50.5 Å². The number of pyridine rings is 1. The highest BCUT2D eigenvalue weighted by Gasteiger charge is 2.41. The number of aromatic hydroxyl groups is 1. The normalized spacial score (nSPS) is 19.4. The number of hydrogen-bond donors (Lipinski definition) is 2. The molecule has 3 aliphatic heterocycles. The monoisotopic (exact) mass is 741 g/mol. The number of ether oxygens (including phenoxy) is 2. The molecule has 3 saturated heterocycles. The lowest BCUT2D eigenvalue weighted by molar-refractivity contribution is -0.110. The highest BCUT2D eigenvalue weighted by Crippen LogP contribution is 2.39. The molecule has 0 aliphatic carbocycles. The van der Waals surface area contributed by atoms with Crippen molar-refractivity contribution in [1.82, 2.24) is 30.1 Å². The predicted octanol–water partition coefficient (Wildman–Crippen LogP) is 4.50. The summed E-state index contributed by atoms with van der Waals surface area (Å²) in [7, 11) is 3.25. The number of carbonyl (C=O) groups excluding carboxylic acids is 1. The molecule has 7 rings (SSSR count). The number of piperazine rings is 2. The average molecular weight is 742 g/mol. The van der Waals surface area contributed by atoms with Gasteiger partial charge >= 0.3 is 0 Å². The molecule has 290 valence electrons. The molecule has 3 atom stereocenters. The Hall–Kier alpha value is -4.79. The first-order valence-electron chi connectivity index (χ1n) is 19.1. The largest absolute Gasteiger partial charge is 0.507 e. The number of nitrogens with two attached hydrogens (primary N) is 1. The van der Waals surface area contributed by atoms with Crippen molar-refractivity contribution in [3.05, 3.63) is 66.2 Å². The van der Waals surface area contributed by atoms with Crippen LogP contribution < -0.4 is 20.3 Å². The summed E-state index contributed by atoms with van der Waals surface area (Å²) in [5, 5.41) is 23.1. The third-order valence-corrected chi connectivity index (χ3v) is 10.6. The SMILES string of the molecule is CC(C)C(C=O)c1cc(CCCN2CCN(CCOc3cc(N4C5CCC4CN(c4cc(-c6ccccc6O)nnc4N)C5)ccn3)CC2)no1.COC. The molecule has 1 aromatic carbocycles. The molecular weight excluding hydrogens is 686 g/mol. The quantitative estimate of drug-likeness (QED) is 0.174. The van der Waals surface area contributed by atoms with Crippen LogP contribution in [-0.4, -0.2) is 127 Å². The van der Waals surface area contributed by atoms with Crippen molar-refractivity contribution in [2.24, 2.45) is 5.92 Å². The average Bonchev–Trinajstić information content (AvgIpc) is 3.74. The second-order valence-electron chi connectivity index (χ2n) is 14.7. The number of anilines is 3. The lowest BCUT2D eigenvalue weighted by Gasteiger charge is -2.43. The van der Waals surface area contributed by atoms with E-state index in [0.717, 1.165) is 101 Å². The van der Waals surface area contributed by atoms with Gasteiger partial charge in [0, 0.05) is 102 Å². The van der Waals surface area contributed by atoms with E-state index >= 15 is 0 Å². The number of methoxy groups -OCH3 is 1. The van der Waals surface area contributed by atoms with Gasteiger partial charge in [-0.1, -0.05) is 31.1 Å². The minimum atomic E-state index is -0.231. The van der Waals surface area contributed by atoms with Gasteiger partial charge in [0.1, 0.15) is 24.4 Å². The molecule has 3 N–H and O–H groups in total. The molecule has 3 aromatic heterocycles. The number of phenols is 1. The van der Waals surface area contributed by atoms with Crippen LogP contribution in [0, 0.1) is 5.92 Å². The first-order valence-corrected chi connectivity index (χ1v) is 19.1. The molecule has 14 heteroatoms. The second kappa shape index (κ2) is 18.5. The minimum Gasteiger partial charge on any atom is -0.507 e. The minimum absolute atomic E-state index is 0.171. The van der Waals surface area contributed by atoms with Crippen molar-refractivity contribution in [3.63, 3.8) is 0 Å². The fraction of sp³-hybridized carbons (Fsp3) is 0.525. The Balaban J connectivity index is 0.00000160. The number of hydrogen-bond acceptors (Lipinski definition) is 14. The van der Waals surface area contributed by atoms with Gasteiger partial charge in [-0.25, -0.2) is 4.98 Å². The summed E-state index contributed by atoms with van der Waals surface area (Å²) in [6.07, 6.45) is 6.86. The van der Waals surface area contributed by atoms with E-state index in [0.29, 0.717) is 47.4 Å². The molecule has 2 bridgehead atoms. The highest BCUT2D eigenvalue weighted by molar-refractivity contribution is 5.74. The summed E-state index contributed by atoms with van der Waals surface area (Å²) < 4.78 is 15.9. The molecule has 0 amide bonds. The lowest BCUT2D eigenvalue weighted by atomic mass is 9.94. The summed E-state index contributed by atoms with van der Waals surface area (Å²) in [6.45, 7) is 12.2. The molecular formula is C40H55N9O5. The van der Waals surface area contributed by atoms with Crippen molar-refractivity contribution >= 4 is 23.5 Å². The first-order chi connectivity index (χ1) is 26.3. The van der Waals surface area contributed by atoms with Crippen LogP contribution in [0.3, 0.4) is 0 Å². The number of rotatable bonds is 14. The maximum absolute atomic E-state index is 11.4. The van der Waals surface area contributed by atoms with Gasteiger partial charge in [-0.2, -0.15) is 0 Å². The van der Waals surface area contributed by atoms with E-state index < -0.39 is 0 Å². The second-order valence-corrected chi connectivity index (χ2v) is 14.7. The molecule has 54 heavy (non-hydrogen) atoms. The molecule has 0 spiro atoms. The van der Waals surface area contributed by atoms with Crippen molar-refractivity contribution in [1.29, 1.82) is 0 Å². The molecule has 6 heterocycles. The summed E-state index contributed by atoms with van der Waals surface area (Å²) in [6, 6.07) is 15.9. The molecule has 14 nitrogen and oxygen atoms in total. The Morgan fingerprint density at radius 2 is 1.69 bits per heavy atom. The first kappa shape index (κ1) is 38.9. The van der Waals surface area contributed by atoms with Gasteiger partial charge in [0.2, 0.25) is 5.88 Å². The molecule has 4 aromatic rings. The molecule has 3 unspecified atom stereocenters. The maximum Gasteiger partial charge on any atom is 0.215 e. The van der Waals surface area contributed by atoms with Crippen LogP contribution in [-0.2, 0) is 16.0 Å². The number of para-hydroxylation sites is 1.